The van der Waals surface area contributed by atoms with E-state index in [1.807, 2.05) is 30.6 Å². The molecule has 0 unspecified atom stereocenters. The summed E-state index contributed by atoms with van der Waals surface area (Å²) in [6.07, 6.45) is 8.02. The van der Waals surface area contributed by atoms with Gasteiger partial charge in [0.25, 0.3) is 0 Å². The van der Waals surface area contributed by atoms with Crippen LogP contribution in [0.5, 0.6) is 0 Å². The number of hydrogen-bond acceptors (Lipinski definition) is 6. The molecular formula is C22H24N6O. The highest BCUT2D eigenvalue weighted by Crippen LogP contribution is 2.35. The van der Waals surface area contributed by atoms with E-state index >= 15 is 0 Å². The molecule has 2 aliphatic heterocycles. The summed E-state index contributed by atoms with van der Waals surface area (Å²) < 4.78 is 2.16. The number of nitrogens with zero attached hydrogens (tertiary/aromatic N) is 5. The first-order valence-corrected chi connectivity index (χ1v) is 9.99. The average Bonchev–Trinajstić information content (AvgIpc) is 3.39. The highest BCUT2D eigenvalue weighted by Gasteiger charge is 2.23. The number of fused-ring (bicyclic) bond motifs is 1. The van der Waals surface area contributed by atoms with Crippen molar-refractivity contribution in [3.05, 3.63) is 60.0 Å². The number of hydrogen-bond donors (Lipinski definition) is 2. The highest BCUT2D eigenvalue weighted by molar-refractivity contribution is 6.02. The molecule has 0 atom stereocenters. The van der Waals surface area contributed by atoms with Crippen molar-refractivity contribution in [3.63, 3.8) is 0 Å². The van der Waals surface area contributed by atoms with Crippen LogP contribution in [0.15, 0.2) is 53.9 Å². The lowest BCUT2D eigenvalue weighted by Crippen LogP contribution is -2.31. The van der Waals surface area contributed by atoms with Gasteiger partial charge in [-0.1, -0.05) is 12.1 Å². The van der Waals surface area contributed by atoms with Crippen LogP contribution in [0.3, 0.4) is 0 Å². The Morgan fingerprint density at radius 3 is 2.59 bits per heavy atom. The van der Waals surface area contributed by atoms with Gasteiger partial charge in [0.2, 0.25) is 0 Å². The van der Waals surface area contributed by atoms with Crippen molar-refractivity contribution >= 4 is 5.84 Å². The zero-order valence-corrected chi connectivity index (χ0v) is 16.4. The number of aromatic nitrogens is 3. The SMILES string of the molecule is CN1CCC(n2cc(-c3ccc4c(c3)CN=C4NO)c(-c3ccncc3)n2)CC1. The third-order valence-electron chi connectivity index (χ3n) is 5.93. The van der Waals surface area contributed by atoms with Gasteiger partial charge < -0.3 is 4.90 Å². The molecule has 0 aliphatic carbocycles. The van der Waals surface area contributed by atoms with Gasteiger partial charge in [-0.2, -0.15) is 5.10 Å². The first-order chi connectivity index (χ1) is 14.2. The molecule has 1 saturated heterocycles. The van der Waals surface area contributed by atoms with Gasteiger partial charge >= 0.3 is 0 Å². The Kier molecular flexibility index (Phi) is 4.61. The van der Waals surface area contributed by atoms with Gasteiger partial charge in [0.1, 0.15) is 5.69 Å². The van der Waals surface area contributed by atoms with E-state index in [0.717, 1.165) is 59.4 Å². The second kappa shape index (κ2) is 7.42. The molecule has 7 nitrogen and oxygen atoms in total. The van der Waals surface area contributed by atoms with Crippen LogP contribution in [0, 0.1) is 0 Å². The number of pyridine rings is 1. The van der Waals surface area contributed by atoms with E-state index in [0.29, 0.717) is 18.4 Å². The summed E-state index contributed by atoms with van der Waals surface area (Å²) in [6.45, 7) is 2.76. The maximum absolute atomic E-state index is 9.25. The molecule has 5 rings (SSSR count). The van der Waals surface area contributed by atoms with Crippen LogP contribution in [-0.2, 0) is 6.54 Å². The van der Waals surface area contributed by atoms with Crippen molar-refractivity contribution in [1.82, 2.24) is 25.1 Å². The number of likely N-dealkylation sites (tertiary alicyclic amines) is 1. The Morgan fingerprint density at radius 1 is 1.03 bits per heavy atom. The first kappa shape index (κ1) is 18.0. The van der Waals surface area contributed by atoms with Crippen molar-refractivity contribution in [3.8, 4) is 22.4 Å². The van der Waals surface area contributed by atoms with Gasteiger partial charge in [0.05, 0.1) is 12.6 Å². The molecule has 2 N–H and O–H groups in total. The fraction of sp³-hybridized carbons (Fsp3) is 0.318. The lowest BCUT2D eigenvalue weighted by molar-refractivity contribution is 0.212. The molecule has 0 bridgehead atoms. The normalized spacial score (nSPS) is 17.2. The molecule has 1 aromatic carbocycles. The van der Waals surface area contributed by atoms with E-state index in [1.54, 1.807) is 0 Å². The summed E-state index contributed by atoms with van der Waals surface area (Å²) in [6, 6.07) is 10.7. The van der Waals surface area contributed by atoms with Crippen LogP contribution >= 0.6 is 0 Å². The van der Waals surface area contributed by atoms with E-state index in [2.05, 4.69) is 50.4 Å². The lowest BCUT2D eigenvalue weighted by Gasteiger charge is -2.29. The summed E-state index contributed by atoms with van der Waals surface area (Å²) in [7, 11) is 2.18. The molecule has 4 heterocycles. The van der Waals surface area contributed by atoms with E-state index in [9.17, 15) is 5.21 Å². The Bertz CT molecular complexity index is 1050. The fourth-order valence-corrected chi connectivity index (χ4v) is 4.24. The average molecular weight is 388 g/mol. The minimum absolute atomic E-state index is 0.420. The molecule has 0 saturated carbocycles. The second-order valence-electron chi connectivity index (χ2n) is 7.79. The quantitative estimate of drug-likeness (QED) is 0.674. The van der Waals surface area contributed by atoms with Gasteiger partial charge in [-0.15, -0.1) is 0 Å². The Balaban J connectivity index is 1.57. The molecule has 0 spiro atoms. The van der Waals surface area contributed by atoms with Gasteiger partial charge in [-0.3, -0.25) is 25.3 Å². The molecule has 0 radical (unpaired) electrons. The molecule has 2 aromatic heterocycles. The first-order valence-electron chi connectivity index (χ1n) is 9.99. The number of aliphatic imine (C=N–C) groups is 1. The van der Waals surface area contributed by atoms with Crippen LogP contribution in [0.2, 0.25) is 0 Å². The van der Waals surface area contributed by atoms with Crippen LogP contribution in [0.1, 0.15) is 30.0 Å². The fourth-order valence-electron chi connectivity index (χ4n) is 4.24. The summed E-state index contributed by atoms with van der Waals surface area (Å²) in [5, 5.41) is 14.3. The van der Waals surface area contributed by atoms with Crippen molar-refractivity contribution in [2.24, 2.45) is 4.99 Å². The maximum atomic E-state index is 9.25. The van der Waals surface area contributed by atoms with Crippen LogP contribution in [0.25, 0.3) is 22.4 Å². The zero-order chi connectivity index (χ0) is 19.8. The molecule has 0 amide bonds. The summed E-state index contributed by atoms with van der Waals surface area (Å²) in [5.41, 5.74) is 8.51. The molecule has 148 valence electrons. The summed E-state index contributed by atoms with van der Waals surface area (Å²) in [4.78, 5) is 10.9. The highest BCUT2D eigenvalue weighted by atomic mass is 16.5. The molecular weight excluding hydrogens is 364 g/mol. The van der Waals surface area contributed by atoms with E-state index in [1.165, 1.54) is 0 Å². The number of benzene rings is 1. The molecule has 3 aromatic rings. The largest absolute Gasteiger partial charge is 0.306 e. The lowest BCUT2D eigenvalue weighted by atomic mass is 9.98. The van der Waals surface area contributed by atoms with Crippen molar-refractivity contribution in [2.45, 2.75) is 25.4 Å². The zero-order valence-electron chi connectivity index (χ0n) is 16.4. The summed E-state index contributed by atoms with van der Waals surface area (Å²) in [5.74, 6) is 0.530. The molecule has 1 fully saturated rings. The number of nitrogens with one attached hydrogen (secondary N) is 1. The number of piperidine rings is 1. The van der Waals surface area contributed by atoms with Gasteiger partial charge in [-0.05, 0) is 62.3 Å². The topological polar surface area (TPSA) is 78.6 Å². The number of rotatable bonds is 3. The minimum atomic E-state index is 0.420. The summed E-state index contributed by atoms with van der Waals surface area (Å²) >= 11 is 0. The second-order valence-corrected chi connectivity index (χ2v) is 7.79. The van der Waals surface area contributed by atoms with Gasteiger partial charge in [-0.25, -0.2) is 0 Å². The van der Waals surface area contributed by atoms with E-state index < -0.39 is 0 Å². The predicted octanol–water partition coefficient (Wildman–Crippen LogP) is 3.12. The van der Waals surface area contributed by atoms with E-state index in [-0.39, 0.29) is 0 Å². The monoisotopic (exact) mass is 388 g/mol. The minimum Gasteiger partial charge on any atom is -0.306 e. The Hall–Kier alpha value is -3.03. The molecule has 7 heteroatoms. The third kappa shape index (κ3) is 3.32. The third-order valence-corrected chi connectivity index (χ3v) is 5.93. The van der Waals surface area contributed by atoms with Crippen LogP contribution in [-0.4, -0.2) is 50.8 Å². The Morgan fingerprint density at radius 2 is 1.83 bits per heavy atom. The van der Waals surface area contributed by atoms with Gasteiger partial charge in [0, 0.05) is 35.3 Å². The standard InChI is InChI=1S/C22H24N6O/c1-27-10-6-18(7-11-27)28-14-20(21(25-28)15-4-8-23-9-5-15)16-2-3-19-17(12-16)13-24-22(19)26-29/h2-5,8-9,12,14,18,29H,6-7,10-11,13H2,1H3,(H,24,26). The van der Waals surface area contributed by atoms with Crippen LogP contribution in [0.4, 0.5) is 0 Å². The molecule has 2 aliphatic rings. The van der Waals surface area contributed by atoms with Crippen LogP contribution < -0.4 is 5.48 Å². The van der Waals surface area contributed by atoms with Crippen molar-refractivity contribution < 1.29 is 5.21 Å². The number of hydroxylamine groups is 1. The van der Waals surface area contributed by atoms with Crippen molar-refractivity contribution in [2.75, 3.05) is 20.1 Å². The maximum Gasteiger partial charge on any atom is 0.152 e. The van der Waals surface area contributed by atoms with Crippen molar-refractivity contribution in [1.29, 1.82) is 0 Å². The predicted molar refractivity (Wildman–Crippen MR) is 112 cm³/mol. The smallest absolute Gasteiger partial charge is 0.152 e. The molecule has 29 heavy (non-hydrogen) atoms. The number of amidine groups is 1. The Labute approximate surface area is 169 Å². The van der Waals surface area contributed by atoms with E-state index in [4.69, 9.17) is 5.10 Å². The van der Waals surface area contributed by atoms with Gasteiger partial charge in [0.15, 0.2) is 5.84 Å².